The molecule has 2 fully saturated rings. The highest BCUT2D eigenvalue weighted by Gasteiger charge is 2.68. The first-order valence-corrected chi connectivity index (χ1v) is 12.6. The van der Waals surface area contributed by atoms with Crippen LogP contribution in [0.25, 0.3) is 0 Å². The number of carbonyl (C=O) groups excluding carboxylic acids is 2. The third-order valence-corrected chi connectivity index (χ3v) is 6.75. The molecular formula is C25H40ClNO5. The lowest BCUT2D eigenvalue weighted by Gasteiger charge is -2.22. The number of Topliss-reactive ketones (excluding diaryl/α,β-unsaturated/α-hetero) is 1. The Morgan fingerprint density at radius 3 is 2.78 bits per heavy atom. The van der Waals surface area contributed by atoms with Crippen LogP contribution in [0.4, 0.5) is 0 Å². The summed E-state index contributed by atoms with van der Waals surface area (Å²) in [5.74, 6) is -0.191. The number of fused-ring (bicyclic) bond motifs is 1. The maximum absolute atomic E-state index is 12.3. The topological polar surface area (TPSA) is 88.2 Å². The average Bonchev–Trinajstić information content (AvgIpc) is 3.55. The molecule has 0 aromatic carbocycles. The molecule has 1 aliphatic carbocycles. The Hall–Kier alpha value is -1.21. The normalized spacial score (nSPS) is 26.2. The molecule has 0 spiro atoms. The molecule has 6 nitrogen and oxygen atoms in total. The van der Waals surface area contributed by atoms with Crippen molar-refractivity contribution < 1.29 is 24.2 Å². The summed E-state index contributed by atoms with van der Waals surface area (Å²) < 4.78 is 11.1. The minimum absolute atomic E-state index is 0.0782. The predicted molar refractivity (Wildman–Crippen MR) is 127 cm³/mol. The van der Waals surface area contributed by atoms with Gasteiger partial charge in [-0.25, -0.2) is 0 Å². The highest BCUT2D eigenvalue weighted by Crippen LogP contribution is 2.50. The predicted octanol–water partition coefficient (Wildman–Crippen LogP) is 4.58. The molecule has 32 heavy (non-hydrogen) atoms. The van der Waals surface area contributed by atoms with E-state index in [2.05, 4.69) is 18.3 Å². The standard InChI is InChI=1S/C25H40ClNO5/c1-3-4-5-6-7-9-12-20(31-2)13-10-8-11-14-23(30)27-18-19(17-26)25-22(29)16-15-21(28)24(25)32-25/h8,10,17,20-21,24,28H,3-7,9,11-16,18H2,1-2H3,(H,27,30)/b10-8+,19-17-/t20-,21+,24-,25+/m0/s1. The number of aliphatic hydroxyl groups is 1. The Bertz CT molecular complexity index is 665. The molecule has 1 amide bonds. The first kappa shape index (κ1) is 27.0. The molecule has 0 aromatic heterocycles. The van der Waals surface area contributed by atoms with Gasteiger partial charge in [0.2, 0.25) is 5.91 Å². The van der Waals surface area contributed by atoms with Gasteiger partial charge in [0, 0.05) is 37.6 Å². The number of halogens is 1. The van der Waals surface area contributed by atoms with Gasteiger partial charge in [-0.05, 0) is 25.7 Å². The van der Waals surface area contributed by atoms with Crippen LogP contribution >= 0.6 is 11.6 Å². The van der Waals surface area contributed by atoms with Gasteiger partial charge in [-0.3, -0.25) is 9.59 Å². The summed E-state index contributed by atoms with van der Waals surface area (Å²) in [7, 11) is 1.76. The molecule has 0 aromatic rings. The van der Waals surface area contributed by atoms with Crippen LogP contribution in [-0.2, 0) is 19.1 Å². The molecule has 1 saturated carbocycles. The van der Waals surface area contributed by atoms with Gasteiger partial charge >= 0.3 is 0 Å². The average molecular weight is 470 g/mol. The van der Waals surface area contributed by atoms with E-state index in [4.69, 9.17) is 21.1 Å². The van der Waals surface area contributed by atoms with E-state index in [0.29, 0.717) is 24.8 Å². The molecule has 0 radical (unpaired) electrons. The first-order chi connectivity index (χ1) is 15.5. The van der Waals surface area contributed by atoms with Crippen molar-refractivity contribution >= 4 is 23.3 Å². The second-order valence-electron chi connectivity index (χ2n) is 8.87. The number of allylic oxidation sites excluding steroid dienone is 1. The van der Waals surface area contributed by atoms with Crippen molar-refractivity contribution in [3.05, 3.63) is 23.3 Å². The fourth-order valence-corrected chi connectivity index (χ4v) is 4.63. The fourth-order valence-electron chi connectivity index (χ4n) is 4.39. The van der Waals surface area contributed by atoms with Crippen LogP contribution < -0.4 is 5.32 Å². The summed E-state index contributed by atoms with van der Waals surface area (Å²) in [4.78, 5) is 24.5. The van der Waals surface area contributed by atoms with Gasteiger partial charge in [-0.1, -0.05) is 69.2 Å². The van der Waals surface area contributed by atoms with Crippen LogP contribution in [0.3, 0.4) is 0 Å². The number of rotatable bonds is 16. The first-order valence-electron chi connectivity index (χ1n) is 12.1. The van der Waals surface area contributed by atoms with E-state index < -0.39 is 17.8 Å². The van der Waals surface area contributed by atoms with Crippen LogP contribution in [0.1, 0.15) is 84.0 Å². The van der Waals surface area contributed by atoms with Gasteiger partial charge in [0.1, 0.15) is 6.10 Å². The lowest BCUT2D eigenvalue weighted by Crippen LogP contribution is -2.42. The zero-order valence-electron chi connectivity index (χ0n) is 19.6. The lowest BCUT2D eigenvalue weighted by atomic mass is 9.81. The second kappa shape index (κ2) is 14.1. The minimum atomic E-state index is -1.14. The zero-order chi connectivity index (χ0) is 23.4. The number of nitrogens with one attached hydrogen (secondary N) is 1. The Morgan fingerprint density at radius 2 is 2.06 bits per heavy atom. The highest BCUT2D eigenvalue weighted by atomic mass is 35.5. The SMILES string of the molecule is CCCCCCCC[C@@H](C/C=C/CCC(=O)NC/C(=C/Cl)[C@]12O[C@H]1[C@H](O)CCC2=O)OC. The van der Waals surface area contributed by atoms with Crippen LogP contribution in [-0.4, -0.2) is 54.4 Å². The zero-order valence-corrected chi connectivity index (χ0v) is 20.4. The number of unbranched alkanes of at least 4 members (excludes halogenated alkanes) is 5. The van der Waals surface area contributed by atoms with Crippen molar-refractivity contribution in [2.24, 2.45) is 0 Å². The largest absolute Gasteiger partial charge is 0.390 e. The summed E-state index contributed by atoms with van der Waals surface area (Å²) in [5.41, 5.74) is 0.664. The van der Waals surface area contributed by atoms with Crippen molar-refractivity contribution in [2.45, 2.75) is 108 Å². The third-order valence-electron chi connectivity index (χ3n) is 6.49. The molecule has 1 heterocycles. The number of hydrogen-bond donors (Lipinski definition) is 2. The maximum Gasteiger partial charge on any atom is 0.220 e. The Morgan fingerprint density at radius 1 is 1.31 bits per heavy atom. The maximum atomic E-state index is 12.3. The molecule has 0 unspecified atom stereocenters. The van der Waals surface area contributed by atoms with E-state index >= 15 is 0 Å². The van der Waals surface area contributed by atoms with Gasteiger partial charge in [-0.15, -0.1) is 0 Å². The summed E-state index contributed by atoms with van der Waals surface area (Å²) in [6.07, 6.45) is 14.4. The smallest absolute Gasteiger partial charge is 0.220 e. The number of hydrogen-bond acceptors (Lipinski definition) is 5. The highest BCUT2D eigenvalue weighted by molar-refractivity contribution is 6.26. The Kier molecular flexibility index (Phi) is 11.9. The molecular weight excluding hydrogens is 430 g/mol. The quantitative estimate of drug-likeness (QED) is 0.196. The van der Waals surface area contributed by atoms with E-state index in [-0.39, 0.29) is 30.8 Å². The van der Waals surface area contributed by atoms with Gasteiger partial charge in [0.25, 0.3) is 0 Å². The number of ketones is 1. The van der Waals surface area contributed by atoms with Gasteiger partial charge < -0.3 is 19.9 Å². The number of amides is 1. The molecule has 4 atom stereocenters. The summed E-state index contributed by atoms with van der Waals surface area (Å²) in [6, 6.07) is 0. The fraction of sp³-hybridized carbons (Fsp3) is 0.760. The van der Waals surface area contributed by atoms with Gasteiger partial charge in [-0.2, -0.15) is 0 Å². The molecule has 1 saturated heterocycles. The van der Waals surface area contributed by atoms with Crippen molar-refractivity contribution in [1.82, 2.24) is 5.32 Å². The summed E-state index contributed by atoms with van der Waals surface area (Å²) in [5, 5.41) is 12.8. The van der Waals surface area contributed by atoms with Gasteiger partial charge in [0.05, 0.1) is 12.2 Å². The monoisotopic (exact) mass is 469 g/mol. The van der Waals surface area contributed by atoms with E-state index in [0.717, 1.165) is 12.8 Å². The molecule has 182 valence electrons. The van der Waals surface area contributed by atoms with E-state index in [9.17, 15) is 14.7 Å². The summed E-state index contributed by atoms with van der Waals surface area (Å²) in [6.45, 7) is 2.37. The molecule has 2 rings (SSSR count). The summed E-state index contributed by atoms with van der Waals surface area (Å²) >= 11 is 5.92. The van der Waals surface area contributed by atoms with Crippen LogP contribution in [0.5, 0.6) is 0 Å². The number of carbonyl (C=O) groups is 2. The van der Waals surface area contributed by atoms with Crippen LogP contribution in [0.2, 0.25) is 0 Å². The third kappa shape index (κ3) is 7.68. The molecule has 1 aliphatic heterocycles. The Labute approximate surface area is 197 Å². The van der Waals surface area contributed by atoms with Crippen molar-refractivity contribution in [2.75, 3.05) is 13.7 Å². The van der Waals surface area contributed by atoms with E-state index in [1.165, 1.54) is 44.1 Å². The van der Waals surface area contributed by atoms with Crippen molar-refractivity contribution in [1.29, 1.82) is 0 Å². The number of epoxide rings is 1. The van der Waals surface area contributed by atoms with E-state index in [1.54, 1.807) is 7.11 Å². The lowest BCUT2D eigenvalue weighted by molar-refractivity contribution is -0.124. The number of ether oxygens (including phenoxy) is 2. The molecule has 2 N–H and O–H groups in total. The Balaban J connectivity index is 1.61. The van der Waals surface area contributed by atoms with Crippen LogP contribution in [0, 0.1) is 0 Å². The van der Waals surface area contributed by atoms with Crippen molar-refractivity contribution in [3.63, 3.8) is 0 Å². The molecule has 0 bridgehead atoms. The molecule has 2 aliphatic rings. The molecule has 7 heteroatoms. The number of aliphatic hydroxyl groups excluding tert-OH is 1. The minimum Gasteiger partial charge on any atom is -0.390 e. The van der Waals surface area contributed by atoms with Crippen molar-refractivity contribution in [3.8, 4) is 0 Å². The van der Waals surface area contributed by atoms with Gasteiger partial charge in [0.15, 0.2) is 11.4 Å². The second-order valence-corrected chi connectivity index (χ2v) is 9.09. The van der Waals surface area contributed by atoms with E-state index in [1.807, 2.05) is 6.08 Å². The van der Waals surface area contributed by atoms with Crippen LogP contribution in [0.15, 0.2) is 23.3 Å². The number of methoxy groups -OCH3 is 1.